The van der Waals surface area contributed by atoms with E-state index in [2.05, 4.69) is 49.2 Å². The Balaban J connectivity index is 1.90. The number of nitrogens with one attached hydrogen (secondary N) is 1. The highest BCUT2D eigenvalue weighted by molar-refractivity contribution is 5.10. The van der Waals surface area contributed by atoms with Crippen LogP contribution in [-0.2, 0) is 6.54 Å². The van der Waals surface area contributed by atoms with Crippen LogP contribution in [0.1, 0.15) is 52.1 Å². The highest BCUT2D eigenvalue weighted by Gasteiger charge is 2.24. The summed E-state index contributed by atoms with van der Waals surface area (Å²) in [7, 11) is 0. The zero-order valence-electron chi connectivity index (χ0n) is 13.5. The second-order valence-electron chi connectivity index (χ2n) is 6.37. The Kier molecular flexibility index (Phi) is 5.61. The molecule has 2 rings (SSSR count). The molecule has 1 saturated heterocycles. The predicted molar refractivity (Wildman–Crippen MR) is 83.8 cm³/mol. The van der Waals surface area contributed by atoms with Crippen LogP contribution < -0.4 is 5.32 Å². The lowest BCUT2D eigenvalue weighted by Crippen LogP contribution is -2.41. The lowest BCUT2D eigenvalue weighted by atomic mass is 9.95. The summed E-state index contributed by atoms with van der Waals surface area (Å²) in [6.45, 7) is 13.4. The maximum Gasteiger partial charge on any atom is 0.0537 e. The van der Waals surface area contributed by atoms with E-state index in [1.807, 2.05) is 10.9 Å². The number of rotatable bonds is 6. The van der Waals surface area contributed by atoms with Crippen LogP contribution in [0, 0.1) is 5.92 Å². The van der Waals surface area contributed by atoms with Gasteiger partial charge in [0.1, 0.15) is 0 Å². The topological polar surface area (TPSA) is 33.1 Å². The maximum atomic E-state index is 4.41. The first kappa shape index (κ1) is 15.5. The highest BCUT2D eigenvalue weighted by atomic mass is 15.3. The first-order valence-electron chi connectivity index (χ1n) is 8.10. The molecule has 0 saturated carbocycles. The molecule has 4 nitrogen and oxygen atoms in total. The van der Waals surface area contributed by atoms with Crippen molar-refractivity contribution in [1.82, 2.24) is 20.0 Å². The van der Waals surface area contributed by atoms with Crippen LogP contribution in [0.25, 0.3) is 0 Å². The quantitative estimate of drug-likeness (QED) is 0.868. The van der Waals surface area contributed by atoms with Crippen molar-refractivity contribution < 1.29 is 0 Å². The van der Waals surface area contributed by atoms with Crippen LogP contribution in [-0.4, -0.2) is 40.4 Å². The number of piperidine rings is 1. The molecule has 0 bridgehead atoms. The van der Waals surface area contributed by atoms with Crippen LogP contribution >= 0.6 is 0 Å². The van der Waals surface area contributed by atoms with Gasteiger partial charge in [-0.3, -0.25) is 9.58 Å². The van der Waals surface area contributed by atoms with Gasteiger partial charge in [-0.25, -0.2) is 0 Å². The summed E-state index contributed by atoms with van der Waals surface area (Å²) in [4.78, 5) is 2.62. The predicted octanol–water partition coefficient (Wildman–Crippen LogP) is 2.67. The highest BCUT2D eigenvalue weighted by Crippen LogP contribution is 2.26. The fourth-order valence-corrected chi connectivity index (χ4v) is 3.00. The van der Waals surface area contributed by atoms with E-state index in [-0.39, 0.29) is 0 Å². The summed E-state index contributed by atoms with van der Waals surface area (Å²) < 4.78 is 2.02. The number of likely N-dealkylation sites (tertiary alicyclic amines) is 1. The van der Waals surface area contributed by atoms with Gasteiger partial charge >= 0.3 is 0 Å². The number of aryl methyl sites for hydroxylation is 1. The molecule has 2 unspecified atom stereocenters. The average molecular weight is 278 g/mol. The Labute approximate surface area is 123 Å². The van der Waals surface area contributed by atoms with Crippen molar-refractivity contribution in [3.05, 3.63) is 18.0 Å². The minimum absolute atomic E-state index is 0.483. The van der Waals surface area contributed by atoms with Crippen molar-refractivity contribution in [3.63, 3.8) is 0 Å². The Morgan fingerprint density at radius 1 is 1.40 bits per heavy atom. The van der Waals surface area contributed by atoms with Crippen LogP contribution in [0.2, 0.25) is 0 Å². The summed E-state index contributed by atoms with van der Waals surface area (Å²) in [5, 5.41) is 7.99. The van der Waals surface area contributed by atoms with Crippen LogP contribution in [0.5, 0.6) is 0 Å². The Bertz CT molecular complexity index is 399. The van der Waals surface area contributed by atoms with Gasteiger partial charge in [-0.1, -0.05) is 13.8 Å². The van der Waals surface area contributed by atoms with Gasteiger partial charge in [0.15, 0.2) is 0 Å². The van der Waals surface area contributed by atoms with Gasteiger partial charge < -0.3 is 5.32 Å². The van der Waals surface area contributed by atoms with E-state index in [0.717, 1.165) is 19.0 Å². The van der Waals surface area contributed by atoms with Gasteiger partial charge in [-0.05, 0) is 45.7 Å². The zero-order chi connectivity index (χ0) is 14.5. The second kappa shape index (κ2) is 7.23. The largest absolute Gasteiger partial charge is 0.314 e. The summed E-state index contributed by atoms with van der Waals surface area (Å²) in [6.07, 6.45) is 6.90. The van der Waals surface area contributed by atoms with Crippen LogP contribution in [0.15, 0.2) is 12.4 Å². The van der Waals surface area contributed by atoms with Crippen molar-refractivity contribution in [2.75, 3.05) is 19.6 Å². The van der Waals surface area contributed by atoms with Gasteiger partial charge in [-0.2, -0.15) is 5.10 Å². The van der Waals surface area contributed by atoms with Crippen molar-refractivity contribution in [3.8, 4) is 0 Å². The summed E-state index contributed by atoms with van der Waals surface area (Å²) in [5.41, 5.74) is 1.35. The van der Waals surface area contributed by atoms with Gasteiger partial charge in [0.25, 0.3) is 0 Å². The van der Waals surface area contributed by atoms with Gasteiger partial charge in [0, 0.05) is 36.9 Å². The Morgan fingerprint density at radius 3 is 2.85 bits per heavy atom. The van der Waals surface area contributed by atoms with E-state index >= 15 is 0 Å². The molecule has 1 aliphatic rings. The molecule has 0 aromatic carbocycles. The van der Waals surface area contributed by atoms with E-state index in [0.29, 0.717) is 12.1 Å². The minimum atomic E-state index is 0.483. The smallest absolute Gasteiger partial charge is 0.0537 e. The van der Waals surface area contributed by atoms with E-state index < -0.39 is 0 Å². The first-order valence-corrected chi connectivity index (χ1v) is 8.10. The molecule has 1 aromatic rings. The average Bonchev–Trinajstić information content (AvgIpc) is 2.93. The molecule has 1 aliphatic heterocycles. The molecule has 0 amide bonds. The Hall–Kier alpha value is -0.870. The third-order valence-corrected chi connectivity index (χ3v) is 4.37. The molecular formula is C16H30N4. The third-order valence-electron chi connectivity index (χ3n) is 4.37. The summed E-state index contributed by atoms with van der Waals surface area (Å²) in [5.74, 6) is 0.787. The normalized spacial score (nSPS) is 22.4. The fraction of sp³-hybridized carbons (Fsp3) is 0.812. The molecule has 1 N–H and O–H groups in total. The standard InChI is InChI=1S/C16H30N4/c1-5-20-12-16(10-18-20)14(4)19-8-6-7-15(11-19)9-17-13(2)3/h10,12-15,17H,5-9,11H2,1-4H3. The first-order chi connectivity index (χ1) is 9.60. The SMILES string of the molecule is CCn1cc(C(C)N2CCCC(CNC(C)C)C2)cn1. The zero-order valence-corrected chi connectivity index (χ0v) is 13.5. The second-order valence-corrected chi connectivity index (χ2v) is 6.37. The molecule has 1 aromatic heterocycles. The number of aromatic nitrogens is 2. The minimum Gasteiger partial charge on any atom is -0.314 e. The van der Waals surface area contributed by atoms with Gasteiger partial charge in [0.2, 0.25) is 0 Å². The molecule has 4 heteroatoms. The number of nitrogens with zero attached hydrogens (tertiary/aromatic N) is 3. The van der Waals surface area contributed by atoms with Crippen LogP contribution in [0.4, 0.5) is 0 Å². The molecule has 0 aliphatic carbocycles. The van der Waals surface area contributed by atoms with Crippen LogP contribution in [0.3, 0.4) is 0 Å². The van der Waals surface area contributed by atoms with Crippen molar-refractivity contribution in [1.29, 1.82) is 0 Å². The molecule has 0 radical (unpaired) electrons. The Morgan fingerprint density at radius 2 is 2.20 bits per heavy atom. The summed E-state index contributed by atoms with van der Waals surface area (Å²) >= 11 is 0. The maximum absolute atomic E-state index is 4.41. The third kappa shape index (κ3) is 4.06. The molecular weight excluding hydrogens is 248 g/mol. The van der Waals surface area contributed by atoms with E-state index in [1.165, 1.54) is 31.5 Å². The van der Waals surface area contributed by atoms with Gasteiger partial charge in [0.05, 0.1) is 6.20 Å². The summed E-state index contributed by atoms with van der Waals surface area (Å²) in [6, 6.07) is 1.07. The van der Waals surface area contributed by atoms with E-state index in [1.54, 1.807) is 0 Å². The van der Waals surface area contributed by atoms with Crippen molar-refractivity contribution >= 4 is 0 Å². The van der Waals surface area contributed by atoms with Crippen molar-refractivity contribution in [2.24, 2.45) is 5.92 Å². The molecule has 2 heterocycles. The monoisotopic (exact) mass is 278 g/mol. The lowest BCUT2D eigenvalue weighted by Gasteiger charge is -2.37. The lowest BCUT2D eigenvalue weighted by molar-refractivity contribution is 0.129. The fourth-order valence-electron chi connectivity index (χ4n) is 3.00. The number of hydrogen-bond acceptors (Lipinski definition) is 3. The molecule has 2 atom stereocenters. The van der Waals surface area contributed by atoms with Gasteiger partial charge in [-0.15, -0.1) is 0 Å². The molecule has 1 fully saturated rings. The molecule has 20 heavy (non-hydrogen) atoms. The molecule has 0 spiro atoms. The van der Waals surface area contributed by atoms with E-state index in [4.69, 9.17) is 0 Å². The number of hydrogen-bond donors (Lipinski definition) is 1. The van der Waals surface area contributed by atoms with E-state index in [9.17, 15) is 0 Å². The molecule has 114 valence electrons. The van der Waals surface area contributed by atoms with Crippen molar-refractivity contribution in [2.45, 2.75) is 59.2 Å².